The molecule has 0 spiro atoms. The van der Waals surface area contributed by atoms with Crippen LogP contribution in [0.15, 0.2) is 217 Å². The summed E-state index contributed by atoms with van der Waals surface area (Å²) in [6.07, 6.45) is -18.3. The molecule has 2 fully saturated rings. The zero-order valence-corrected chi connectivity index (χ0v) is 45.2. The van der Waals surface area contributed by atoms with Gasteiger partial charge in [-0.1, -0.05) is 133 Å². The van der Waals surface area contributed by atoms with Crippen LogP contribution in [0.1, 0.15) is 78.9 Å². The van der Waals surface area contributed by atoms with E-state index in [-0.39, 0.29) is 58.5 Å². The number of carbonyl (C=O) groups excluding carboxylic acids is 7. The summed E-state index contributed by atoms with van der Waals surface area (Å²) in [5, 5.41) is 3.58. The lowest BCUT2D eigenvalue weighted by atomic mass is 9.95. The van der Waals surface area contributed by atoms with Crippen molar-refractivity contribution in [1.29, 1.82) is 0 Å². The summed E-state index contributed by atoms with van der Waals surface area (Å²) in [5.41, 5.74) is 9.37. The molecule has 0 unspecified atom stereocenters. The Kier molecular flexibility index (Phi) is 20.9. The smallest absolute Gasteiger partial charge is 0.338 e. The maximum atomic E-state index is 14.6. The molecule has 0 N–H and O–H groups in total. The zero-order chi connectivity index (χ0) is 59.3. The van der Waals surface area contributed by atoms with Gasteiger partial charge >= 0.3 is 41.8 Å². The third-order valence-electron chi connectivity index (χ3n) is 13.3. The molecule has 21 heteroatoms. The first-order valence-electron chi connectivity index (χ1n) is 26.9. The Hall–Kier alpha value is -10.0. The lowest BCUT2D eigenvalue weighted by Gasteiger charge is -2.48. The largest absolute Gasteiger partial charge is 0.459 e. The van der Waals surface area contributed by atoms with Crippen LogP contribution in [0.25, 0.3) is 10.4 Å². The first kappa shape index (κ1) is 59.6. The number of carbonyl (C=O) groups is 7. The van der Waals surface area contributed by atoms with Gasteiger partial charge in [-0.2, -0.15) is 0 Å². The Balaban J connectivity index is 1.21. The van der Waals surface area contributed by atoms with Gasteiger partial charge in [0.05, 0.1) is 45.6 Å². The van der Waals surface area contributed by atoms with Gasteiger partial charge in [-0.15, -0.1) is 0 Å². The van der Waals surface area contributed by atoms with Crippen LogP contribution in [0.4, 0.5) is 0 Å². The molecule has 434 valence electrons. The number of esters is 7. The van der Waals surface area contributed by atoms with Crippen LogP contribution in [0.5, 0.6) is 0 Å². The number of rotatable bonds is 23. The molecule has 0 amide bonds. The lowest BCUT2D eigenvalue weighted by Crippen LogP contribution is -2.67. The number of azide groups is 1. The van der Waals surface area contributed by atoms with E-state index < -0.39 is 116 Å². The quantitative estimate of drug-likeness (QED) is 0.0144. The number of hydrogen-bond donors (Lipinski definition) is 0. The average Bonchev–Trinajstić information content (AvgIpc) is 3.07. The molecule has 10 atom stereocenters. The Bertz CT molecular complexity index is 3400. The van der Waals surface area contributed by atoms with E-state index in [1.165, 1.54) is 84.9 Å². The minimum atomic E-state index is -2.08. The van der Waals surface area contributed by atoms with Crippen LogP contribution in [0.2, 0.25) is 0 Å². The van der Waals surface area contributed by atoms with Crippen molar-refractivity contribution >= 4 is 41.8 Å². The van der Waals surface area contributed by atoms with Crippen molar-refractivity contribution in [3.05, 3.63) is 262 Å². The van der Waals surface area contributed by atoms with Crippen molar-refractivity contribution in [2.24, 2.45) is 5.11 Å². The predicted octanol–water partition coefficient (Wildman–Crippen LogP) is 9.38. The third-order valence-corrected chi connectivity index (χ3v) is 13.3. The Morgan fingerprint density at radius 3 is 1.00 bits per heavy atom. The second-order valence-electron chi connectivity index (χ2n) is 19.0. The van der Waals surface area contributed by atoms with Crippen molar-refractivity contribution in [3.63, 3.8) is 0 Å². The fourth-order valence-electron chi connectivity index (χ4n) is 9.09. The fourth-order valence-corrected chi connectivity index (χ4v) is 9.09. The van der Waals surface area contributed by atoms with Crippen molar-refractivity contribution in [1.82, 2.24) is 0 Å². The highest BCUT2D eigenvalue weighted by molar-refractivity contribution is 5.93. The highest BCUT2D eigenvalue weighted by Gasteiger charge is 2.58. The molecule has 2 aliphatic rings. The van der Waals surface area contributed by atoms with Crippen LogP contribution in [-0.4, -0.2) is 130 Å². The van der Waals surface area contributed by atoms with Gasteiger partial charge in [0, 0.05) is 11.5 Å². The van der Waals surface area contributed by atoms with E-state index in [1.54, 1.807) is 127 Å². The van der Waals surface area contributed by atoms with Gasteiger partial charge in [0.1, 0.15) is 31.5 Å². The number of benzene rings is 7. The topological polar surface area (TPSA) is 270 Å². The van der Waals surface area contributed by atoms with Gasteiger partial charge in [-0.25, -0.2) is 33.6 Å². The SMILES string of the molecule is [N-]=[N+]=NCCCO[C@@H]1O[C@H](COC(=O)c2ccccc2)[C@@H](O[C@@H]2O[C@H](COC(=O)c3ccccc3)[C@H](OC(=O)c3ccccc3)[C@H](OC(=O)c3ccccc3)[C@H]2OC(=O)c2ccccc2)[C@H](OC(=O)c2ccccc2)[C@H]1OC(=O)c1ccccc1. The summed E-state index contributed by atoms with van der Waals surface area (Å²) < 4.78 is 70.0. The van der Waals surface area contributed by atoms with E-state index in [2.05, 4.69) is 10.0 Å². The normalized spacial score (nSPS) is 21.5. The Morgan fingerprint density at radius 1 is 0.365 bits per heavy atom. The molecule has 2 heterocycles. The van der Waals surface area contributed by atoms with Crippen LogP contribution >= 0.6 is 0 Å². The van der Waals surface area contributed by atoms with Crippen molar-refractivity contribution in [3.8, 4) is 0 Å². The average molecular weight is 1150 g/mol. The van der Waals surface area contributed by atoms with E-state index in [4.69, 9.17) is 57.6 Å². The van der Waals surface area contributed by atoms with E-state index in [0.29, 0.717) is 0 Å². The lowest BCUT2D eigenvalue weighted by molar-refractivity contribution is -0.356. The summed E-state index contributed by atoms with van der Waals surface area (Å²) in [6.45, 7) is -1.71. The molecule has 0 radical (unpaired) electrons. The highest BCUT2D eigenvalue weighted by atomic mass is 16.8. The molecule has 0 aromatic heterocycles. The van der Waals surface area contributed by atoms with Gasteiger partial charge < -0.3 is 52.1 Å². The Labute approximate surface area is 486 Å². The molecule has 85 heavy (non-hydrogen) atoms. The summed E-state index contributed by atoms with van der Waals surface area (Å²) in [6, 6.07) is 54.4. The van der Waals surface area contributed by atoms with Crippen molar-refractivity contribution in [2.45, 2.75) is 67.8 Å². The summed E-state index contributed by atoms with van der Waals surface area (Å²) in [4.78, 5) is 103. The number of hydrogen-bond acceptors (Lipinski definition) is 19. The molecule has 7 aromatic rings. The maximum Gasteiger partial charge on any atom is 0.338 e. The molecule has 2 saturated heterocycles. The standard InChI is InChI=1S/C64H55N3O18/c65-67-66-37-22-38-75-63-54(83-61(73)46-33-18-6-19-34-46)53(82-60(72)45-31-16-5-17-32-45)51(49(78-63)40-77-57(69)42-25-10-2-11-26-42)85-64-55(84-62(74)47-35-20-7-21-36-47)52(81-59(71)44-29-14-4-15-30-44)50(80-58(70)43-27-12-3-13-28-43)48(79-64)39-76-56(68)41-23-8-1-9-24-41/h1-21,23-36,48-55,63-64H,22,37-40H2/t48-,49-,50+,51-,52+,53+,54-,55-,63-,64+/m1/s1. The molecule has 0 saturated carbocycles. The number of nitrogens with zero attached hydrogens (tertiary/aromatic N) is 3. The monoisotopic (exact) mass is 1150 g/mol. The maximum absolute atomic E-state index is 14.6. The van der Waals surface area contributed by atoms with Gasteiger partial charge in [0.2, 0.25) is 0 Å². The Morgan fingerprint density at radius 2 is 0.647 bits per heavy atom. The van der Waals surface area contributed by atoms with Crippen LogP contribution in [0, 0.1) is 0 Å². The molecule has 7 aromatic carbocycles. The third kappa shape index (κ3) is 16.0. The molecule has 0 aliphatic carbocycles. The molecular weight excluding hydrogens is 1100 g/mol. The molecule has 9 rings (SSSR count). The first-order valence-corrected chi connectivity index (χ1v) is 26.9. The van der Waals surface area contributed by atoms with Gasteiger partial charge in [0.25, 0.3) is 0 Å². The van der Waals surface area contributed by atoms with E-state index in [0.717, 1.165) is 0 Å². The van der Waals surface area contributed by atoms with Crippen LogP contribution < -0.4 is 0 Å². The predicted molar refractivity (Wildman–Crippen MR) is 298 cm³/mol. The van der Waals surface area contributed by atoms with E-state index in [1.807, 2.05) is 0 Å². The van der Waals surface area contributed by atoms with Crippen molar-refractivity contribution in [2.75, 3.05) is 26.4 Å². The minimum absolute atomic E-state index is 0.00203. The van der Waals surface area contributed by atoms with Crippen LogP contribution in [-0.2, 0) is 52.1 Å². The first-order chi connectivity index (χ1) is 41.5. The van der Waals surface area contributed by atoms with Crippen LogP contribution in [0.3, 0.4) is 0 Å². The molecule has 2 aliphatic heterocycles. The highest BCUT2D eigenvalue weighted by Crippen LogP contribution is 2.37. The summed E-state index contributed by atoms with van der Waals surface area (Å²) in [7, 11) is 0. The second kappa shape index (κ2) is 29.8. The van der Waals surface area contributed by atoms with Gasteiger partial charge in [-0.05, 0) is 96.9 Å². The molecule has 0 bridgehead atoms. The zero-order valence-electron chi connectivity index (χ0n) is 45.2. The van der Waals surface area contributed by atoms with Gasteiger partial charge in [0.15, 0.2) is 43.1 Å². The van der Waals surface area contributed by atoms with E-state index >= 15 is 0 Å². The fraction of sp³-hybridized carbons (Fsp3) is 0.234. The minimum Gasteiger partial charge on any atom is -0.459 e. The summed E-state index contributed by atoms with van der Waals surface area (Å²) >= 11 is 0. The van der Waals surface area contributed by atoms with E-state index in [9.17, 15) is 33.6 Å². The van der Waals surface area contributed by atoms with Crippen molar-refractivity contribution < 1.29 is 85.7 Å². The molecule has 21 nitrogen and oxygen atoms in total. The second-order valence-corrected chi connectivity index (χ2v) is 19.0. The van der Waals surface area contributed by atoms with Gasteiger partial charge in [-0.3, -0.25) is 0 Å². The summed E-state index contributed by atoms with van der Waals surface area (Å²) in [5.74, 6) is -6.65. The molecular formula is C64H55N3O18. The number of ether oxygens (including phenoxy) is 11.